The summed E-state index contributed by atoms with van der Waals surface area (Å²) in [5, 5.41) is 2.67. The van der Waals surface area contributed by atoms with E-state index in [4.69, 9.17) is 9.47 Å². The molecule has 6 aromatic rings. The lowest BCUT2D eigenvalue weighted by Crippen LogP contribution is -2.46. The number of benzene rings is 4. The van der Waals surface area contributed by atoms with Crippen molar-refractivity contribution in [3.8, 4) is 11.5 Å². The number of para-hydroxylation sites is 2. The van der Waals surface area contributed by atoms with Crippen LogP contribution in [0.5, 0.6) is 11.5 Å². The minimum Gasteiger partial charge on any atom is -0.493 e. The van der Waals surface area contributed by atoms with Crippen LogP contribution in [0.25, 0.3) is 21.8 Å². The van der Waals surface area contributed by atoms with Crippen LogP contribution >= 0.6 is 11.8 Å². The van der Waals surface area contributed by atoms with E-state index in [-0.39, 0.29) is 0 Å². The maximum absolute atomic E-state index is 5.87. The Hall–Kier alpha value is -4.57. The molecule has 8 nitrogen and oxygen atoms in total. The van der Waals surface area contributed by atoms with Gasteiger partial charge in [-0.05, 0) is 104 Å². The van der Waals surface area contributed by atoms with Crippen LogP contribution < -0.4 is 19.3 Å². The smallest absolute Gasteiger partial charge is 0.161 e. The van der Waals surface area contributed by atoms with Crippen LogP contribution in [0.15, 0.2) is 114 Å². The number of ether oxygens (including phenoxy) is 2. The molecule has 0 saturated carbocycles. The molecule has 296 valence electrons. The Bertz CT molecular complexity index is 2080. The van der Waals surface area contributed by atoms with E-state index in [9.17, 15) is 0 Å². The van der Waals surface area contributed by atoms with Gasteiger partial charge in [-0.2, -0.15) is 0 Å². The highest BCUT2D eigenvalue weighted by atomic mass is 32.2. The molecule has 2 aromatic heterocycles. The zero-order valence-electron chi connectivity index (χ0n) is 33.6. The molecular weight excluding hydrogens is 713 g/mol. The molecule has 4 aromatic carbocycles. The summed E-state index contributed by atoms with van der Waals surface area (Å²) in [5.74, 6) is 3.43. The second-order valence-electron chi connectivity index (χ2n) is 15.2. The lowest BCUT2D eigenvalue weighted by Gasteiger charge is -2.36. The lowest BCUT2D eigenvalue weighted by atomic mass is 10.0. The number of aromatic nitrogens is 2. The Balaban J connectivity index is 0.000000172. The fraction of sp³-hybridized carbons (Fsp3) is 0.404. The zero-order chi connectivity index (χ0) is 38.5. The number of hydrogen-bond donors (Lipinski definition) is 2. The first-order chi connectivity index (χ1) is 27.6. The molecular formula is C47H60N6O2S. The van der Waals surface area contributed by atoms with E-state index >= 15 is 0 Å². The SMILES string of the molecule is CC(C)c1ccccc1SCCCN1CCN(c2cccc3[nH]ccc23)CC1.COc1ccccc1OCCCCN1CCN(c2cccc3[nH]ccc23)CC1. The van der Waals surface area contributed by atoms with Crippen molar-refractivity contribution < 1.29 is 9.47 Å². The van der Waals surface area contributed by atoms with Crippen LogP contribution in [0, 0.1) is 0 Å². The van der Waals surface area contributed by atoms with Crippen molar-refractivity contribution in [2.45, 2.75) is 43.9 Å². The molecule has 2 aliphatic heterocycles. The molecule has 4 heterocycles. The Morgan fingerprint density at radius 3 is 1.73 bits per heavy atom. The fourth-order valence-electron chi connectivity index (χ4n) is 8.03. The van der Waals surface area contributed by atoms with Gasteiger partial charge in [0.15, 0.2) is 11.5 Å². The van der Waals surface area contributed by atoms with Crippen molar-refractivity contribution in [1.82, 2.24) is 19.8 Å². The molecule has 2 aliphatic rings. The van der Waals surface area contributed by atoms with E-state index in [0.29, 0.717) is 5.92 Å². The average Bonchev–Trinajstić information content (AvgIpc) is 3.94. The summed E-state index contributed by atoms with van der Waals surface area (Å²) in [4.78, 5) is 18.3. The molecule has 0 unspecified atom stereocenters. The van der Waals surface area contributed by atoms with Crippen molar-refractivity contribution in [3.05, 3.63) is 115 Å². The summed E-state index contributed by atoms with van der Waals surface area (Å²) in [5.41, 5.74) is 6.66. The quantitative estimate of drug-likeness (QED) is 0.0797. The molecule has 0 spiro atoms. The van der Waals surface area contributed by atoms with Crippen molar-refractivity contribution in [3.63, 3.8) is 0 Å². The third-order valence-electron chi connectivity index (χ3n) is 11.2. The molecule has 2 N–H and O–H groups in total. The fourth-order valence-corrected chi connectivity index (χ4v) is 9.17. The molecule has 0 radical (unpaired) electrons. The van der Waals surface area contributed by atoms with Crippen molar-refractivity contribution in [2.75, 3.05) is 94.7 Å². The number of hydrogen-bond acceptors (Lipinski definition) is 7. The summed E-state index contributed by atoms with van der Waals surface area (Å²) >= 11 is 2.02. The van der Waals surface area contributed by atoms with E-state index in [1.807, 2.05) is 48.4 Å². The number of piperazine rings is 2. The number of anilines is 2. The minimum absolute atomic E-state index is 0.598. The first-order valence-corrected chi connectivity index (χ1v) is 21.6. The predicted molar refractivity (Wildman–Crippen MR) is 237 cm³/mol. The van der Waals surface area contributed by atoms with Gasteiger partial charge >= 0.3 is 0 Å². The lowest BCUT2D eigenvalue weighted by molar-refractivity contribution is 0.236. The van der Waals surface area contributed by atoms with Gasteiger partial charge < -0.3 is 29.2 Å². The van der Waals surface area contributed by atoms with Gasteiger partial charge in [0.2, 0.25) is 0 Å². The molecule has 2 saturated heterocycles. The number of thioether (sulfide) groups is 1. The number of fused-ring (bicyclic) bond motifs is 2. The summed E-state index contributed by atoms with van der Waals surface area (Å²) in [6, 6.07) is 34.2. The summed E-state index contributed by atoms with van der Waals surface area (Å²) in [6.45, 7) is 16.6. The number of nitrogens with one attached hydrogen (secondary N) is 2. The predicted octanol–water partition coefficient (Wildman–Crippen LogP) is 9.75. The molecule has 0 bridgehead atoms. The number of nitrogens with zero attached hydrogens (tertiary/aromatic N) is 4. The van der Waals surface area contributed by atoms with Crippen LogP contribution in [0.3, 0.4) is 0 Å². The van der Waals surface area contributed by atoms with Gasteiger partial charge in [0.1, 0.15) is 0 Å². The van der Waals surface area contributed by atoms with Crippen LogP contribution in [-0.2, 0) is 0 Å². The standard InChI is InChI=1S/C24H31N3S.C23H29N3O2/c1-19(2)20-7-3-4-10-24(20)28-18-6-13-26-14-16-27(17-15-26)23-9-5-8-22-21(23)11-12-25-22;1-27-22-9-2-3-10-23(22)28-18-5-4-13-25-14-16-26(17-15-25)21-8-6-7-20-19(21)11-12-24-20/h3-5,7-12,19,25H,6,13-18H2,1-2H3;2-3,6-12,24H,4-5,13-18H2,1H3. The maximum atomic E-state index is 5.87. The highest BCUT2D eigenvalue weighted by Crippen LogP contribution is 2.31. The zero-order valence-corrected chi connectivity index (χ0v) is 34.4. The topological polar surface area (TPSA) is 63.0 Å². The molecule has 0 aliphatic carbocycles. The largest absolute Gasteiger partial charge is 0.493 e. The normalized spacial score (nSPS) is 15.4. The molecule has 56 heavy (non-hydrogen) atoms. The molecule has 8 rings (SSSR count). The average molecular weight is 773 g/mol. The number of rotatable bonds is 15. The summed E-state index contributed by atoms with van der Waals surface area (Å²) in [7, 11) is 1.68. The van der Waals surface area contributed by atoms with Crippen LogP contribution in [-0.4, -0.2) is 105 Å². The van der Waals surface area contributed by atoms with Gasteiger partial charge in [0.05, 0.1) is 13.7 Å². The first-order valence-electron chi connectivity index (χ1n) is 20.6. The van der Waals surface area contributed by atoms with Crippen molar-refractivity contribution >= 4 is 44.9 Å². The molecule has 0 atom stereocenters. The van der Waals surface area contributed by atoms with Crippen LogP contribution in [0.4, 0.5) is 11.4 Å². The number of unbranched alkanes of at least 4 members (excludes halogenated alkanes) is 1. The Labute approximate surface area is 338 Å². The van der Waals surface area contributed by atoms with E-state index in [0.717, 1.165) is 89.9 Å². The third kappa shape index (κ3) is 10.2. The van der Waals surface area contributed by atoms with Gasteiger partial charge in [-0.25, -0.2) is 0 Å². The highest BCUT2D eigenvalue weighted by Gasteiger charge is 2.20. The molecule has 2 fully saturated rings. The van der Waals surface area contributed by atoms with E-state index in [1.54, 1.807) is 7.11 Å². The molecule has 0 amide bonds. The highest BCUT2D eigenvalue weighted by molar-refractivity contribution is 7.99. The monoisotopic (exact) mass is 772 g/mol. The maximum Gasteiger partial charge on any atom is 0.161 e. The second-order valence-corrected chi connectivity index (χ2v) is 16.3. The first kappa shape index (κ1) is 39.7. The summed E-state index contributed by atoms with van der Waals surface area (Å²) < 4.78 is 11.2. The summed E-state index contributed by atoms with van der Waals surface area (Å²) in [6.07, 6.45) is 7.53. The minimum atomic E-state index is 0.598. The Morgan fingerprint density at radius 1 is 0.589 bits per heavy atom. The number of methoxy groups -OCH3 is 1. The van der Waals surface area contributed by atoms with Gasteiger partial charge in [-0.3, -0.25) is 9.80 Å². The number of H-pyrrole nitrogens is 2. The van der Waals surface area contributed by atoms with Crippen molar-refractivity contribution in [1.29, 1.82) is 0 Å². The van der Waals surface area contributed by atoms with Gasteiger partial charge in [-0.1, -0.05) is 56.3 Å². The number of aromatic amines is 2. The second kappa shape index (κ2) is 20.0. The van der Waals surface area contributed by atoms with E-state index in [2.05, 4.69) is 116 Å². The van der Waals surface area contributed by atoms with Gasteiger partial charge in [0.25, 0.3) is 0 Å². The van der Waals surface area contributed by atoms with E-state index in [1.165, 1.54) is 62.4 Å². The molecule has 9 heteroatoms. The van der Waals surface area contributed by atoms with Gasteiger partial charge in [-0.15, -0.1) is 11.8 Å². The van der Waals surface area contributed by atoms with Crippen molar-refractivity contribution in [2.24, 2.45) is 0 Å². The van der Waals surface area contributed by atoms with Crippen LogP contribution in [0.2, 0.25) is 0 Å². The van der Waals surface area contributed by atoms with Crippen LogP contribution in [0.1, 0.15) is 44.6 Å². The Morgan fingerprint density at radius 2 is 1.14 bits per heavy atom. The third-order valence-corrected chi connectivity index (χ3v) is 12.4. The Kier molecular flexibility index (Phi) is 14.2. The van der Waals surface area contributed by atoms with Gasteiger partial charge in [0, 0.05) is 103 Å². The van der Waals surface area contributed by atoms with E-state index < -0.39 is 0 Å².